The van der Waals surface area contributed by atoms with Crippen LogP contribution in [0.5, 0.6) is 5.88 Å². The number of nitrogens with one attached hydrogen (secondary N) is 1. The van der Waals surface area contributed by atoms with E-state index in [9.17, 15) is 9.00 Å². The van der Waals surface area contributed by atoms with Gasteiger partial charge in [-0.3, -0.25) is 0 Å². The summed E-state index contributed by atoms with van der Waals surface area (Å²) in [7, 11) is -2.27. The Labute approximate surface area is 172 Å². The average Bonchev–Trinajstić information content (AvgIpc) is 3.39. The second kappa shape index (κ2) is 7.16. The molecule has 3 aliphatic rings. The van der Waals surface area contributed by atoms with Crippen LogP contribution in [0.25, 0.3) is 0 Å². The number of ether oxygens (including phenoxy) is 1. The summed E-state index contributed by atoms with van der Waals surface area (Å²) in [5, 5.41) is 7.24. The molecule has 1 N–H and O–H groups in total. The summed E-state index contributed by atoms with van der Waals surface area (Å²) in [5.41, 5.74) is 6.07. The Bertz CT molecular complexity index is 1080. The van der Waals surface area contributed by atoms with Crippen molar-refractivity contribution in [3.05, 3.63) is 34.5 Å². The lowest BCUT2D eigenvalue weighted by Crippen LogP contribution is -2.23. The highest BCUT2D eigenvalue weighted by Crippen LogP contribution is 2.43. The molecule has 8 heteroatoms. The zero-order chi connectivity index (χ0) is 20.1. The van der Waals surface area contributed by atoms with E-state index in [-0.39, 0.29) is 0 Å². The summed E-state index contributed by atoms with van der Waals surface area (Å²) in [6.07, 6.45) is 6.80. The maximum Gasteiger partial charge on any atom is 0.353 e. The molecule has 2 aliphatic carbocycles. The lowest BCUT2D eigenvalue weighted by Gasteiger charge is -2.21. The number of rotatable bonds is 2. The fourth-order valence-electron chi connectivity index (χ4n) is 4.86. The molecule has 3 atom stereocenters. The number of urea groups is 1. The van der Waals surface area contributed by atoms with Crippen molar-refractivity contribution in [2.75, 3.05) is 11.9 Å². The Balaban J connectivity index is 1.44. The van der Waals surface area contributed by atoms with Gasteiger partial charge in [-0.05, 0) is 60.3 Å². The molecule has 0 saturated heterocycles. The average molecular weight is 415 g/mol. The van der Waals surface area contributed by atoms with Crippen molar-refractivity contribution in [3.8, 4) is 5.88 Å². The van der Waals surface area contributed by atoms with Crippen LogP contribution in [0.1, 0.15) is 54.9 Å². The second-order valence-electron chi connectivity index (χ2n) is 8.49. The fourth-order valence-corrected chi connectivity index (χ4v) is 5.68. The zero-order valence-electron chi connectivity index (χ0n) is 16.8. The van der Waals surface area contributed by atoms with E-state index in [1.165, 1.54) is 28.5 Å². The van der Waals surface area contributed by atoms with Crippen molar-refractivity contribution < 1.29 is 13.7 Å². The topological polar surface area (TPSA) is 85.6 Å². The van der Waals surface area contributed by atoms with Crippen molar-refractivity contribution in [1.82, 2.24) is 9.78 Å². The van der Waals surface area contributed by atoms with Crippen molar-refractivity contribution in [3.63, 3.8) is 0 Å². The molecule has 154 valence electrons. The number of thiol groups is 1. The van der Waals surface area contributed by atoms with Crippen LogP contribution >= 0.6 is 0 Å². The summed E-state index contributed by atoms with van der Waals surface area (Å²) >= 11 is 0. The van der Waals surface area contributed by atoms with Gasteiger partial charge in [0.15, 0.2) is 0 Å². The Morgan fingerprint density at radius 3 is 3.03 bits per heavy atom. The molecule has 2 amide bonds. The van der Waals surface area contributed by atoms with Crippen LogP contribution < -0.4 is 10.1 Å². The van der Waals surface area contributed by atoms with Gasteiger partial charge in [-0.2, -0.15) is 5.10 Å². The van der Waals surface area contributed by atoms with Gasteiger partial charge in [0.1, 0.15) is 4.90 Å². The number of amides is 2. The highest BCUT2D eigenvalue weighted by molar-refractivity contribution is 7.75. The monoisotopic (exact) mass is 414 g/mol. The third-order valence-electron chi connectivity index (χ3n) is 6.25. The number of hydrogen-bond acceptors (Lipinski definition) is 4. The van der Waals surface area contributed by atoms with Crippen LogP contribution in [-0.2, 0) is 36.4 Å². The first kappa shape index (κ1) is 18.7. The lowest BCUT2D eigenvalue weighted by atomic mass is 9.95. The standard InChI is InChI=1S/C21H26N4O3S/c1-12-10-25-20(28-11-12)17(9-22-25)29(27)24-21(26)23-19-16-5-3-4-14(16)8-15-7-6-13(2)18(15)19/h8-9,12-13,29H,3-7,10-11H2,1-2H3,(H,23,26)/t12-,13-/m0/s1. The van der Waals surface area contributed by atoms with Crippen LogP contribution in [0.15, 0.2) is 21.5 Å². The molecule has 1 aromatic heterocycles. The van der Waals surface area contributed by atoms with Gasteiger partial charge in [0, 0.05) is 11.6 Å². The summed E-state index contributed by atoms with van der Waals surface area (Å²) in [6.45, 7) is 5.54. The number of aromatic nitrogens is 2. The van der Waals surface area contributed by atoms with Crippen LogP contribution in [0, 0.1) is 5.92 Å². The highest BCUT2D eigenvalue weighted by Gasteiger charge is 2.29. The number of hydrogen-bond donors (Lipinski definition) is 2. The largest absolute Gasteiger partial charge is 0.477 e. The van der Waals surface area contributed by atoms with Gasteiger partial charge >= 0.3 is 6.03 Å². The van der Waals surface area contributed by atoms with E-state index in [4.69, 9.17) is 4.74 Å². The molecule has 29 heavy (non-hydrogen) atoms. The number of nitrogens with zero attached hydrogens (tertiary/aromatic N) is 3. The predicted molar refractivity (Wildman–Crippen MR) is 111 cm³/mol. The first-order valence-electron chi connectivity index (χ1n) is 10.4. The minimum atomic E-state index is -2.27. The van der Waals surface area contributed by atoms with Crippen LogP contribution in [0.4, 0.5) is 10.5 Å². The summed E-state index contributed by atoms with van der Waals surface area (Å²) in [6, 6.07) is 1.77. The van der Waals surface area contributed by atoms with E-state index in [0.29, 0.717) is 35.8 Å². The van der Waals surface area contributed by atoms with Gasteiger partial charge in [-0.1, -0.05) is 19.9 Å². The molecule has 7 nitrogen and oxygen atoms in total. The lowest BCUT2D eigenvalue weighted by molar-refractivity contribution is 0.171. The van der Waals surface area contributed by atoms with E-state index in [0.717, 1.165) is 37.8 Å². The van der Waals surface area contributed by atoms with Gasteiger partial charge in [-0.15, -0.1) is 4.36 Å². The maximum absolute atomic E-state index is 12.8. The van der Waals surface area contributed by atoms with E-state index >= 15 is 0 Å². The van der Waals surface area contributed by atoms with E-state index in [1.54, 1.807) is 4.68 Å². The molecular weight excluding hydrogens is 388 g/mol. The summed E-state index contributed by atoms with van der Waals surface area (Å²) in [5.74, 6) is 1.23. The minimum Gasteiger partial charge on any atom is -0.477 e. The van der Waals surface area contributed by atoms with Gasteiger partial charge < -0.3 is 10.1 Å². The Hall–Kier alpha value is -2.35. The molecule has 1 aromatic carbocycles. The molecule has 0 saturated carbocycles. The van der Waals surface area contributed by atoms with Crippen LogP contribution in [0.3, 0.4) is 0 Å². The first-order valence-corrected chi connectivity index (χ1v) is 11.6. The van der Waals surface area contributed by atoms with E-state index in [1.807, 2.05) is 0 Å². The smallest absolute Gasteiger partial charge is 0.353 e. The van der Waals surface area contributed by atoms with Gasteiger partial charge in [0.25, 0.3) is 0 Å². The molecule has 1 aliphatic heterocycles. The summed E-state index contributed by atoms with van der Waals surface area (Å²) in [4.78, 5) is 13.1. The molecule has 0 spiro atoms. The number of benzene rings is 1. The van der Waals surface area contributed by atoms with Gasteiger partial charge in [0.05, 0.1) is 29.9 Å². The first-order chi connectivity index (χ1) is 14.0. The van der Waals surface area contributed by atoms with Crippen molar-refractivity contribution in [2.45, 2.75) is 63.3 Å². The highest BCUT2D eigenvalue weighted by atomic mass is 32.2. The number of anilines is 1. The third-order valence-corrected chi connectivity index (χ3v) is 7.33. The van der Waals surface area contributed by atoms with Gasteiger partial charge in [0.2, 0.25) is 5.88 Å². The number of carbonyl (C=O) groups excluding carboxylic acids is 1. The predicted octanol–water partition coefficient (Wildman–Crippen LogP) is 3.71. The fraction of sp³-hybridized carbons (Fsp3) is 0.524. The Kier molecular flexibility index (Phi) is 4.61. The quantitative estimate of drug-likeness (QED) is 0.734. The normalized spacial score (nSPS) is 23.2. The Morgan fingerprint density at radius 2 is 2.17 bits per heavy atom. The third kappa shape index (κ3) is 3.23. The molecule has 0 bridgehead atoms. The number of aryl methyl sites for hydroxylation is 2. The van der Waals surface area contributed by atoms with Crippen molar-refractivity contribution >= 4 is 22.3 Å². The Morgan fingerprint density at radius 1 is 1.31 bits per heavy atom. The number of fused-ring (bicyclic) bond motifs is 3. The SMILES string of the molecule is C[C@@H]1COc2c(/[SH](=O)=N/C(=O)Nc3c4c(cc5c3[C@@H](C)CC5)CCC4)cnn2C1. The minimum absolute atomic E-state index is 0.345. The van der Waals surface area contributed by atoms with Crippen molar-refractivity contribution in [2.24, 2.45) is 10.3 Å². The molecule has 0 radical (unpaired) electrons. The van der Waals surface area contributed by atoms with Crippen LogP contribution in [0.2, 0.25) is 0 Å². The molecular formula is C21H26N4O3S. The number of carbonyl (C=O) groups is 1. The van der Waals surface area contributed by atoms with E-state index in [2.05, 4.69) is 34.7 Å². The van der Waals surface area contributed by atoms with Crippen LogP contribution in [-0.4, -0.2) is 26.6 Å². The van der Waals surface area contributed by atoms with Gasteiger partial charge in [-0.25, -0.2) is 13.7 Å². The molecule has 2 aromatic rings. The van der Waals surface area contributed by atoms with E-state index < -0.39 is 16.6 Å². The maximum atomic E-state index is 12.8. The molecule has 0 fully saturated rings. The molecule has 2 heterocycles. The zero-order valence-corrected chi connectivity index (χ0v) is 17.7. The van der Waals surface area contributed by atoms with Crippen molar-refractivity contribution in [1.29, 1.82) is 0 Å². The molecule has 5 rings (SSSR count). The molecule has 1 unspecified atom stereocenters. The second-order valence-corrected chi connectivity index (χ2v) is 9.72. The summed E-state index contributed by atoms with van der Waals surface area (Å²) < 4.78 is 24.1.